The van der Waals surface area contributed by atoms with Crippen LogP contribution in [0.15, 0.2) is 33.2 Å². The van der Waals surface area contributed by atoms with E-state index < -0.39 is 0 Å². The molecule has 4 rings (SSSR count). The van der Waals surface area contributed by atoms with Crippen molar-refractivity contribution in [2.75, 3.05) is 7.11 Å². The summed E-state index contributed by atoms with van der Waals surface area (Å²) in [6.45, 7) is 17.5. The van der Waals surface area contributed by atoms with Gasteiger partial charge in [0.2, 0.25) is 0 Å². The number of fused-ring (bicyclic) bond motifs is 2. The summed E-state index contributed by atoms with van der Waals surface area (Å²) in [4.78, 5) is 12.0. The van der Waals surface area contributed by atoms with Crippen molar-refractivity contribution >= 4 is 37.6 Å². The van der Waals surface area contributed by atoms with Crippen molar-refractivity contribution in [3.8, 4) is 0 Å². The number of rotatable bonds is 1. The molecule has 3 atom stereocenters. The third-order valence-corrected chi connectivity index (χ3v) is 8.40. The Hall–Kier alpha value is -0.970. The second kappa shape index (κ2) is 9.59. The van der Waals surface area contributed by atoms with Crippen molar-refractivity contribution in [1.82, 2.24) is 0 Å². The first-order chi connectivity index (χ1) is 15.1. The summed E-state index contributed by atoms with van der Waals surface area (Å²) < 4.78 is 7.98. The highest BCUT2D eigenvalue weighted by atomic mass is 79.9. The molecule has 4 heteroatoms. The van der Waals surface area contributed by atoms with Crippen LogP contribution in [0.2, 0.25) is 0 Å². The number of carbonyl (C=O) groups excluding carboxylic acids is 1. The smallest absolute Gasteiger partial charge is 0.166 e. The molecule has 0 aromatic heterocycles. The number of ether oxygens (including phenoxy) is 1. The maximum absolute atomic E-state index is 12.0. The summed E-state index contributed by atoms with van der Waals surface area (Å²) in [5.74, 6) is 1.00. The van der Waals surface area contributed by atoms with Crippen LogP contribution >= 0.6 is 31.9 Å². The lowest BCUT2D eigenvalue weighted by atomic mass is 9.85. The van der Waals surface area contributed by atoms with Gasteiger partial charge in [-0.25, -0.2) is 0 Å². The van der Waals surface area contributed by atoms with Crippen LogP contribution in [-0.4, -0.2) is 12.9 Å². The van der Waals surface area contributed by atoms with E-state index in [0.29, 0.717) is 11.7 Å². The van der Waals surface area contributed by atoms with E-state index in [1.165, 1.54) is 32.3 Å². The van der Waals surface area contributed by atoms with Crippen LogP contribution in [0.25, 0.3) is 0 Å². The van der Waals surface area contributed by atoms with E-state index in [0.717, 1.165) is 22.9 Å². The van der Waals surface area contributed by atoms with Gasteiger partial charge >= 0.3 is 0 Å². The SMILES string of the molecule is CC1Cc2c(Br)cc(C(C)(C)C)cc2C1=O.COC1c2cc(C(C)(C)C)cc(Br)c2CC1C. The second-order valence-corrected chi connectivity index (χ2v) is 13.5. The molecule has 180 valence electrons. The number of methoxy groups -OCH3 is 1. The number of halogens is 2. The zero-order valence-electron chi connectivity index (χ0n) is 21.5. The Bertz CT molecular complexity index is 1060. The minimum absolute atomic E-state index is 0.0870. The van der Waals surface area contributed by atoms with Gasteiger partial charge in [-0.2, -0.15) is 0 Å². The van der Waals surface area contributed by atoms with Crippen molar-refractivity contribution in [1.29, 1.82) is 0 Å². The molecule has 0 aliphatic heterocycles. The molecule has 2 aromatic carbocycles. The van der Waals surface area contributed by atoms with Crippen molar-refractivity contribution < 1.29 is 9.53 Å². The highest BCUT2D eigenvalue weighted by Crippen LogP contribution is 2.43. The minimum Gasteiger partial charge on any atom is -0.376 e. The number of benzene rings is 2. The van der Waals surface area contributed by atoms with Crippen LogP contribution in [0.5, 0.6) is 0 Å². The normalized spacial score (nSPS) is 22.0. The van der Waals surface area contributed by atoms with E-state index >= 15 is 0 Å². The molecule has 0 saturated heterocycles. The van der Waals surface area contributed by atoms with E-state index in [1.807, 2.05) is 14.0 Å². The third-order valence-electron chi connectivity index (χ3n) is 6.98. The molecule has 2 nitrogen and oxygen atoms in total. The average molecular weight is 578 g/mol. The van der Waals surface area contributed by atoms with Gasteiger partial charge in [0.1, 0.15) is 0 Å². The van der Waals surface area contributed by atoms with E-state index in [9.17, 15) is 4.79 Å². The van der Waals surface area contributed by atoms with Gasteiger partial charge in [0.15, 0.2) is 5.78 Å². The predicted octanol–water partition coefficient (Wildman–Crippen LogP) is 8.75. The molecule has 3 unspecified atom stereocenters. The predicted molar refractivity (Wildman–Crippen MR) is 146 cm³/mol. The Labute approximate surface area is 217 Å². The van der Waals surface area contributed by atoms with Crippen LogP contribution in [-0.2, 0) is 28.4 Å². The highest BCUT2D eigenvalue weighted by molar-refractivity contribution is 9.10. The Morgan fingerprint density at radius 3 is 1.85 bits per heavy atom. The van der Waals surface area contributed by atoms with Crippen molar-refractivity contribution in [2.24, 2.45) is 11.8 Å². The summed E-state index contributed by atoms with van der Waals surface area (Å²) >= 11 is 7.31. The summed E-state index contributed by atoms with van der Waals surface area (Å²) in [7, 11) is 1.81. The first kappa shape index (κ1) is 26.6. The van der Waals surface area contributed by atoms with E-state index in [2.05, 4.69) is 105 Å². The lowest BCUT2D eigenvalue weighted by Crippen LogP contribution is -2.12. The van der Waals surface area contributed by atoms with E-state index in [-0.39, 0.29) is 22.9 Å². The summed E-state index contributed by atoms with van der Waals surface area (Å²) in [5.41, 5.74) is 7.78. The Balaban J connectivity index is 0.000000186. The van der Waals surface area contributed by atoms with Gasteiger partial charge in [0.25, 0.3) is 0 Å². The van der Waals surface area contributed by atoms with Crippen LogP contribution in [0.3, 0.4) is 0 Å². The molecule has 2 aliphatic rings. The monoisotopic (exact) mass is 576 g/mol. The largest absolute Gasteiger partial charge is 0.376 e. The van der Waals surface area contributed by atoms with Crippen LogP contribution < -0.4 is 0 Å². The molecule has 0 heterocycles. The van der Waals surface area contributed by atoms with Gasteiger partial charge in [0.05, 0.1) is 6.10 Å². The van der Waals surface area contributed by atoms with Crippen LogP contribution in [0.1, 0.15) is 99.7 Å². The fourth-order valence-corrected chi connectivity index (χ4v) is 6.08. The van der Waals surface area contributed by atoms with Gasteiger partial charge in [-0.3, -0.25) is 4.79 Å². The molecule has 2 aromatic rings. The standard InChI is InChI=1S/C15H21BrO.C14H17BrO/c1-9-6-11-12(14(9)17-5)7-10(8-13(11)16)15(2,3)4;1-8-5-10-11(13(8)16)6-9(7-12(10)15)14(2,3)4/h7-9,14H,6H2,1-5H3;6-8H,5H2,1-4H3. The van der Waals surface area contributed by atoms with Crippen molar-refractivity contribution in [3.05, 3.63) is 66.6 Å². The fourth-order valence-electron chi connectivity index (χ4n) is 4.82. The molecule has 0 radical (unpaired) electrons. The molecule has 0 amide bonds. The molecule has 0 bridgehead atoms. The van der Waals surface area contributed by atoms with E-state index in [1.54, 1.807) is 0 Å². The topological polar surface area (TPSA) is 26.3 Å². The van der Waals surface area contributed by atoms with E-state index in [4.69, 9.17) is 4.74 Å². The molecular weight excluding hydrogens is 540 g/mol. The molecular formula is C29H38Br2O2. The van der Waals surface area contributed by atoms with Crippen LogP contribution in [0, 0.1) is 11.8 Å². The van der Waals surface area contributed by atoms with Gasteiger partial charge in [0, 0.05) is 27.5 Å². The summed E-state index contributed by atoms with van der Waals surface area (Å²) in [6, 6.07) is 8.83. The molecule has 2 aliphatic carbocycles. The van der Waals surface area contributed by atoms with Gasteiger partial charge in [-0.15, -0.1) is 0 Å². The fraction of sp³-hybridized carbons (Fsp3) is 0.552. The lowest BCUT2D eigenvalue weighted by Gasteiger charge is -2.22. The lowest BCUT2D eigenvalue weighted by molar-refractivity contribution is 0.0694. The number of carbonyl (C=O) groups is 1. The van der Waals surface area contributed by atoms with Gasteiger partial charge in [-0.1, -0.05) is 93.3 Å². The van der Waals surface area contributed by atoms with Crippen molar-refractivity contribution in [3.63, 3.8) is 0 Å². The number of ketones is 1. The minimum atomic E-state index is 0.0870. The number of hydrogen-bond acceptors (Lipinski definition) is 2. The molecule has 0 saturated carbocycles. The van der Waals surface area contributed by atoms with Crippen LogP contribution in [0.4, 0.5) is 0 Å². The van der Waals surface area contributed by atoms with Crippen molar-refractivity contribution in [2.45, 2.75) is 85.2 Å². The zero-order chi connectivity index (χ0) is 24.9. The molecule has 0 fully saturated rings. The Morgan fingerprint density at radius 2 is 1.33 bits per heavy atom. The highest BCUT2D eigenvalue weighted by Gasteiger charge is 2.33. The number of hydrogen-bond donors (Lipinski definition) is 0. The maximum Gasteiger partial charge on any atom is 0.166 e. The van der Waals surface area contributed by atoms with Gasteiger partial charge < -0.3 is 4.74 Å². The van der Waals surface area contributed by atoms with Gasteiger partial charge in [-0.05, 0) is 75.6 Å². The first-order valence-corrected chi connectivity index (χ1v) is 13.5. The Kier molecular flexibility index (Phi) is 7.74. The molecule has 0 N–H and O–H groups in total. The average Bonchev–Trinajstić information content (AvgIpc) is 3.18. The number of Topliss-reactive ketones (excluding diaryl/α,β-unsaturated/α-hetero) is 1. The maximum atomic E-state index is 12.0. The Morgan fingerprint density at radius 1 is 0.818 bits per heavy atom. The molecule has 0 spiro atoms. The second-order valence-electron chi connectivity index (χ2n) is 11.8. The summed E-state index contributed by atoms with van der Waals surface area (Å²) in [5, 5.41) is 0. The third kappa shape index (κ3) is 5.49. The first-order valence-electron chi connectivity index (χ1n) is 11.9. The summed E-state index contributed by atoms with van der Waals surface area (Å²) in [6.07, 6.45) is 2.24. The zero-order valence-corrected chi connectivity index (χ0v) is 24.7. The quantitative estimate of drug-likeness (QED) is 0.338. The molecule has 33 heavy (non-hydrogen) atoms.